The molecule has 0 amide bonds. The van der Waals surface area contributed by atoms with Crippen LogP contribution in [-0.2, 0) is 13.0 Å². The van der Waals surface area contributed by atoms with Crippen LogP contribution in [0.15, 0.2) is 23.6 Å². The first kappa shape index (κ1) is 12.0. The molecule has 1 aromatic carbocycles. The second-order valence-corrected chi connectivity index (χ2v) is 4.44. The Kier molecular flexibility index (Phi) is 3.68. The van der Waals surface area contributed by atoms with Gasteiger partial charge in [0.2, 0.25) is 0 Å². The molecule has 0 saturated heterocycles. The molecule has 1 N–H and O–H groups in total. The molecule has 0 aliphatic rings. The van der Waals surface area contributed by atoms with Gasteiger partial charge in [-0.1, -0.05) is 6.92 Å². The molecule has 17 heavy (non-hydrogen) atoms. The molecular weight excluding hydrogens is 242 g/mol. The molecule has 0 bridgehead atoms. The molecule has 1 heterocycles. The fourth-order valence-corrected chi connectivity index (χ4v) is 2.19. The van der Waals surface area contributed by atoms with Gasteiger partial charge < -0.3 is 5.32 Å². The van der Waals surface area contributed by atoms with Gasteiger partial charge >= 0.3 is 0 Å². The largest absolute Gasteiger partial charge is 0.357 e. The molecule has 0 unspecified atom stereocenters. The van der Waals surface area contributed by atoms with Gasteiger partial charge in [0.05, 0.1) is 5.69 Å². The fraction of sp³-hybridized carbons (Fsp3) is 0.250. The van der Waals surface area contributed by atoms with Crippen molar-refractivity contribution in [1.82, 2.24) is 4.98 Å². The molecule has 0 radical (unpaired) electrons. The van der Waals surface area contributed by atoms with Gasteiger partial charge in [0.25, 0.3) is 0 Å². The van der Waals surface area contributed by atoms with Crippen molar-refractivity contribution in [2.24, 2.45) is 0 Å². The zero-order valence-corrected chi connectivity index (χ0v) is 10.2. The van der Waals surface area contributed by atoms with Gasteiger partial charge in [-0.25, -0.2) is 13.8 Å². The number of rotatable bonds is 4. The highest BCUT2D eigenvalue weighted by Gasteiger charge is 2.05. The lowest BCUT2D eigenvalue weighted by Crippen LogP contribution is -2.02. The van der Waals surface area contributed by atoms with Gasteiger partial charge in [-0.05, 0) is 24.6 Å². The van der Waals surface area contributed by atoms with Crippen LogP contribution in [-0.4, -0.2) is 4.98 Å². The highest BCUT2D eigenvalue weighted by Crippen LogP contribution is 2.17. The lowest BCUT2D eigenvalue weighted by atomic mass is 10.2. The summed E-state index contributed by atoms with van der Waals surface area (Å²) in [6.07, 6.45) is 0.868. The molecule has 1 aromatic heterocycles. The SMILES string of the molecule is CCc1csc(NCc2cc(F)ccc2F)n1. The van der Waals surface area contributed by atoms with Gasteiger partial charge in [0.15, 0.2) is 5.13 Å². The lowest BCUT2D eigenvalue weighted by molar-refractivity contribution is 0.587. The number of thiazole rings is 1. The third-order valence-electron chi connectivity index (χ3n) is 2.35. The Balaban J connectivity index is 2.04. The van der Waals surface area contributed by atoms with Gasteiger partial charge in [0, 0.05) is 17.5 Å². The van der Waals surface area contributed by atoms with Crippen LogP contribution in [0.3, 0.4) is 0 Å². The predicted molar refractivity (Wildman–Crippen MR) is 65.2 cm³/mol. The smallest absolute Gasteiger partial charge is 0.183 e. The second kappa shape index (κ2) is 5.23. The molecule has 0 saturated carbocycles. The zero-order valence-electron chi connectivity index (χ0n) is 9.34. The molecule has 0 fully saturated rings. The van der Waals surface area contributed by atoms with Crippen molar-refractivity contribution in [3.8, 4) is 0 Å². The monoisotopic (exact) mass is 254 g/mol. The number of hydrogen-bond donors (Lipinski definition) is 1. The number of nitrogens with one attached hydrogen (secondary N) is 1. The fourth-order valence-electron chi connectivity index (χ4n) is 1.40. The molecule has 2 aromatic rings. The van der Waals surface area contributed by atoms with Crippen LogP contribution in [0, 0.1) is 11.6 Å². The summed E-state index contributed by atoms with van der Waals surface area (Å²) in [4.78, 5) is 4.29. The van der Waals surface area contributed by atoms with E-state index in [0.29, 0.717) is 5.56 Å². The number of anilines is 1. The van der Waals surface area contributed by atoms with Gasteiger partial charge in [-0.15, -0.1) is 11.3 Å². The summed E-state index contributed by atoms with van der Waals surface area (Å²) in [6, 6.07) is 3.43. The Morgan fingerprint density at radius 3 is 2.88 bits per heavy atom. The average molecular weight is 254 g/mol. The van der Waals surface area contributed by atoms with E-state index in [0.717, 1.165) is 29.4 Å². The van der Waals surface area contributed by atoms with Crippen molar-refractivity contribution < 1.29 is 8.78 Å². The van der Waals surface area contributed by atoms with Crippen LogP contribution in [0.5, 0.6) is 0 Å². The minimum atomic E-state index is -0.434. The number of aryl methyl sites for hydroxylation is 1. The number of halogens is 2. The zero-order chi connectivity index (χ0) is 12.3. The Labute approximate surface area is 102 Å². The number of nitrogens with zero attached hydrogens (tertiary/aromatic N) is 1. The molecule has 0 spiro atoms. The average Bonchev–Trinajstić information content (AvgIpc) is 2.78. The molecule has 2 rings (SSSR count). The number of hydrogen-bond acceptors (Lipinski definition) is 3. The van der Waals surface area contributed by atoms with Crippen LogP contribution in [0.4, 0.5) is 13.9 Å². The Bertz CT molecular complexity index is 511. The Morgan fingerprint density at radius 2 is 2.18 bits per heavy atom. The van der Waals surface area contributed by atoms with E-state index >= 15 is 0 Å². The van der Waals surface area contributed by atoms with Crippen molar-refractivity contribution in [3.05, 3.63) is 46.5 Å². The molecule has 0 atom stereocenters. The van der Waals surface area contributed by atoms with Crippen LogP contribution < -0.4 is 5.32 Å². The maximum absolute atomic E-state index is 13.3. The summed E-state index contributed by atoms with van der Waals surface area (Å²) in [7, 11) is 0. The van der Waals surface area contributed by atoms with E-state index in [1.807, 2.05) is 12.3 Å². The van der Waals surface area contributed by atoms with Crippen LogP contribution in [0.1, 0.15) is 18.2 Å². The van der Waals surface area contributed by atoms with Crippen LogP contribution >= 0.6 is 11.3 Å². The third-order valence-corrected chi connectivity index (χ3v) is 3.20. The first-order valence-corrected chi connectivity index (χ1v) is 6.19. The highest BCUT2D eigenvalue weighted by molar-refractivity contribution is 7.13. The Morgan fingerprint density at radius 1 is 1.35 bits per heavy atom. The van der Waals surface area contributed by atoms with Gasteiger partial charge in [0.1, 0.15) is 11.6 Å². The maximum Gasteiger partial charge on any atom is 0.183 e. The van der Waals surface area contributed by atoms with E-state index in [1.165, 1.54) is 17.4 Å². The number of aromatic nitrogens is 1. The highest BCUT2D eigenvalue weighted by atomic mass is 32.1. The first-order valence-electron chi connectivity index (χ1n) is 5.31. The topological polar surface area (TPSA) is 24.9 Å². The minimum absolute atomic E-state index is 0.236. The molecular formula is C12H12F2N2S. The standard InChI is InChI=1S/C12H12F2N2S/c1-2-10-7-17-12(16-10)15-6-8-5-9(13)3-4-11(8)14/h3-5,7H,2,6H2,1H3,(H,15,16). The summed E-state index contributed by atoms with van der Waals surface area (Å²) < 4.78 is 26.2. The molecule has 2 nitrogen and oxygen atoms in total. The van der Waals surface area contributed by atoms with Gasteiger partial charge in [-0.3, -0.25) is 0 Å². The Hall–Kier alpha value is -1.49. The summed E-state index contributed by atoms with van der Waals surface area (Å²) in [5.41, 5.74) is 1.30. The lowest BCUT2D eigenvalue weighted by Gasteiger charge is -2.04. The van der Waals surface area contributed by atoms with Crippen molar-refractivity contribution in [3.63, 3.8) is 0 Å². The van der Waals surface area contributed by atoms with Crippen LogP contribution in [0.25, 0.3) is 0 Å². The molecule has 0 aliphatic heterocycles. The van der Waals surface area contributed by atoms with Crippen molar-refractivity contribution in [1.29, 1.82) is 0 Å². The van der Waals surface area contributed by atoms with E-state index in [-0.39, 0.29) is 6.54 Å². The predicted octanol–water partition coefficient (Wildman–Crippen LogP) is 3.60. The molecule has 0 aliphatic carbocycles. The van der Waals surface area contributed by atoms with E-state index in [2.05, 4.69) is 10.3 Å². The maximum atomic E-state index is 13.3. The molecule has 90 valence electrons. The van der Waals surface area contributed by atoms with E-state index < -0.39 is 11.6 Å². The third kappa shape index (κ3) is 3.00. The number of benzene rings is 1. The quantitative estimate of drug-likeness (QED) is 0.901. The first-order chi connectivity index (χ1) is 8.19. The molecule has 5 heteroatoms. The van der Waals surface area contributed by atoms with Crippen LogP contribution in [0.2, 0.25) is 0 Å². The van der Waals surface area contributed by atoms with Crippen molar-refractivity contribution in [2.45, 2.75) is 19.9 Å². The summed E-state index contributed by atoms with van der Waals surface area (Å²) in [5, 5.41) is 5.66. The van der Waals surface area contributed by atoms with Gasteiger partial charge in [-0.2, -0.15) is 0 Å². The second-order valence-electron chi connectivity index (χ2n) is 3.59. The van der Waals surface area contributed by atoms with E-state index in [4.69, 9.17) is 0 Å². The van der Waals surface area contributed by atoms with E-state index in [1.54, 1.807) is 0 Å². The summed E-state index contributed by atoms with van der Waals surface area (Å²) in [5.74, 6) is -0.845. The summed E-state index contributed by atoms with van der Waals surface area (Å²) >= 11 is 1.47. The minimum Gasteiger partial charge on any atom is -0.357 e. The normalized spacial score (nSPS) is 10.5. The van der Waals surface area contributed by atoms with Crippen molar-refractivity contribution >= 4 is 16.5 Å². The van der Waals surface area contributed by atoms with E-state index in [9.17, 15) is 8.78 Å². The summed E-state index contributed by atoms with van der Waals surface area (Å²) in [6.45, 7) is 2.26. The van der Waals surface area contributed by atoms with Crippen molar-refractivity contribution in [2.75, 3.05) is 5.32 Å².